The largest absolute Gasteiger partial charge is 0.477 e. The number of amides is 1. The number of nitrogens with one attached hydrogen (secondary N) is 1. The second kappa shape index (κ2) is 6.90. The Labute approximate surface area is 104 Å². The van der Waals surface area contributed by atoms with Gasteiger partial charge in [-0.05, 0) is 30.6 Å². The van der Waals surface area contributed by atoms with Crippen LogP contribution >= 0.6 is 11.8 Å². The Morgan fingerprint density at radius 2 is 2.24 bits per heavy atom. The third-order valence-electron chi connectivity index (χ3n) is 2.06. The van der Waals surface area contributed by atoms with Crippen molar-refractivity contribution in [2.45, 2.75) is 6.42 Å². The zero-order valence-electron chi connectivity index (χ0n) is 9.47. The smallest absolute Gasteiger partial charge is 0.354 e. The number of aromatic nitrogens is 1. The van der Waals surface area contributed by atoms with Gasteiger partial charge in [-0.25, -0.2) is 9.78 Å². The van der Waals surface area contributed by atoms with E-state index in [1.165, 1.54) is 18.3 Å². The van der Waals surface area contributed by atoms with Crippen LogP contribution in [-0.4, -0.2) is 40.5 Å². The molecule has 92 valence electrons. The number of carbonyl (C=O) groups is 2. The van der Waals surface area contributed by atoms with E-state index in [-0.39, 0.29) is 11.6 Å². The summed E-state index contributed by atoms with van der Waals surface area (Å²) in [5.74, 6) is -0.330. The van der Waals surface area contributed by atoms with E-state index in [0.29, 0.717) is 12.1 Å². The lowest BCUT2D eigenvalue weighted by Crippen LogP contribution is -2.25. The van der Waals surface area contributed by atoms with Gasteiger partial charge in [0, 0.05) is 12.7 Å². The molecule has 0 radical (unpaired) electrons. The number of hydrogen-bond donors (Lipinski definition) is 2. The van der Waals surface area contributed by atoms with Crippen LogP contribution in [0.3, 0.4) is 0 Å². The first-order valence-electron chi connectivity index (χ1n) is 5.11. The summed E-state index contributed by atoms with van der Waals surface area (Å²) >= 11 is 1.73. The molecule has 0 aromatic carbocycles. The number of carboxylic acids is 1. The number of nitrogens with zero attached hydrogens (tertiary/aromatic N) is 1. The lowest BCUT2D eigenvalue weighted by Gasteiger charge is -2.04. The third-order valence-corrected chi connectivity index (χ3v) is 2.75. The van der Waals surface area contributed by atoms with Gasteiger partial charge in [0.15, 0.2) is 0 Å². The zero-order valence-corrected chi connectivity index (χ0v) is 10.3. The molecule has 2 N–H and O–H groups in total. The molecule has 0 spiro atoms. The zero-order chi connectivity index (χ0) is 12.7. The normalized spacial score (nSPS) is 9.94. The van der Waals surface area contributed by atoms with Gasteiger partial charge < -0.3 is 10.4 Å². The number of carboxylic acid groups (broad SMARTS) is 1. The van der Waals surface area contributed by atoms with E-state index in [9.17, 15) is 9.59 Å². The summed E-state index contributed by atoms with van der Waals surface area (Å²) in [4.78, 5) is 25.8. The van der Waals surface area contributed by atoms with E-state index in [1.807, 2.05) is 6.26 Å². The molecule has 17 heavy (non-hydrogen) atoms. The van der Waals surface area contributed by atoms with Crippen LogP contribution in [0.1, 0.15) is 27.3 Å². The maximum atomic E-state index is 11.6. The van der Waals surface area contributed by atoms with E-state index >= 15 is 0 Å². The molecule has 0 saturated carbocycles. The Balaban J connectivity index is 2.49. The van der Waals surface area contributed by atoms with Gasteiger partial charge in [-0.15, -0.1) is 0 Å². The van der Waals surface area contributed by atoms with Crippen LogP contribution in [0, 0.1) is 0 Å². The van der Waals surface area contributed by atoms with Crippen LogP contribution in [-0.2, 0) is 0 Å². The lowest BCUT2D eigenvalue weighted by molar-refractivity contribution is 0.0689. The maximum Gasteiger partial charge on any atom is 0.354 e. The lowest BCUT2D eigenvalue weighted by atomic mass is 10.2. The average molecular weight is 254 g/mol. The van der Waals surface area contributed by atoms with Gasteiger partial charge in [0.2, 0.25) is 0 Å². The van der Waals surface area contributed by atoms with Gasteiger partial charge in [0.1, 0.15) is 5.69 Å². The first-order valence-corrected chi connectivity index (χ1v) is 6.51. The second-order valence-corrected chi connectivity index (χ2v) is 4.33. The summed E-state index contributed by atoms with van der Waals surface area (Å²) in [5, 5.41) is 11.4. The highest BCUT2D eigenvalue weighted by molar-refractivity contribution is 7.98. The van der Waals surface area contributed by atoms with Gasteiger partial charge in [0.25, 0.3) is 5.91 Å². The highest BCUT2D eigenvalue weighted by Crippen LogP contribution is 2.01. The molecule has 0 aliphatic heterocycles. The predicted octanol–water partition coefficient (Wildman–Crippen LogP) is 1.26. The quantitative estimate of drug-likeness (QED) is 0.747. The Hall–Kier alpha value is -1.56. The summed E-state index contributed by atoms with van der Waals surface area (Å²) in [5.41, 5.74) is 0.308. The van der Waals surface area contributed by atoms with Crippen LogP contribution < -0.4 is 5.32 Å². The highest BCUT2D eigenvalue weighted by Gasteiger charge is 2.08. The fourth-order valence-electron chi connectivity index (χ4n) is 1.18. The molecule has 6 heteroatoms. The predicted molar refractivity (Wildman–Crippen MR) is 66.5 cm³/mol. The molecule has 0 saturated heterocycles. The van der Waals surface area contributed by atoms with Gasteiger partial charge in [-0.1, -0.05) is 0 Å². The van der Waals surface area contributed by atoms with Gasteiger partial charge in [0.05, 0.1) is 5.56 Å². The second-order valence-electron chi connectivity index (χ2n) is 3.34. The topological polar surface area (TPSA) is 79.3 Å². The molecular weight excluding hydrogens is 240 g/mol. The Morgan fingerprint density at radius 3 is 2.76 bits per heavy atom. The molecule has 1 aromatic rings. The van der Waals surface area contributed by atoms with Crippen molar-refractivity contribution in [1.29, 1.82) is 0 Å². The van der Waals surface area contributed by atoms with Crippen molar-refractivity contribution in [3.8, 4) is 0 Å². The van der Waals surface area contributed by atoms with Crippen molar-refractivity contribution >= 4 is 23.6 Å². The van der Waals surface area contributed by atoms with E-state index < -0.39 is 5.97 Å². The summed E-state index contributed by atoms with van der Waals surface area (Å²) in [6, 6.07) is 2.78. The van der Waals surface area contributed by atoms with Crippen molar-refractivity contribution in [2.24, 2.45) is 0 Å². The molecular formula is C11H14N2O3S. The molecule has 5 nitrogen and oxygen atoms in total. The number of aromatic carboxylic acids is 1. The Kier molecular flexibility index (Phi) is 5.48. The first-order chi connectivity index (χ1) is 8.15. The van der Waals surface area contributed by atoms with Crippen molar-refractivity contribution in [3.63, 3.8) is 0 Å². The highest BCUT2D eigenvalue weighted by atomic mass is 32.2. The van der Waals surface area contributed by atoms with Crippen molar-refractivity contribution in [3.05, 3.63) is 29.6 Å². The molecule has 1 amide bonds. The molecule has 1 heterocycles. The molecule has 1 aromatic heterocycles. The minimum Gasteiger partial charge on any atom is -0.477 e. The van der Waals surface area contributed by atoms with Gasteiger partial charge >= 0.3 is 5.97 Å². The molecule has 0 bridgehead atoms. The molecule has 1 rings (SSSR count). The average Bonchev–Trinajstić information content (AvgIpc) is 2.34. The number of rotatable bonds is 6. The standard InChI is InChI=1S/C11H14N2O3S/c1-17-6-2-5-12-10(14)8-3-4-9(11(15)16)13-7-8/h3-4,7H,2,5-6H2,1H3,(H,12,14)(H,15,16). The van der Waals surface area contributed by atoms with Crippen LogP contribution in [0.25, 0.3) is 0 Å². The van der Waals surface area contributed by atoms with Crippen molar-refractivity contribution in [2.75, 3.05) is 18.6 Å². The fraction of sp³-hybridized carbons (Fsp3) is 0.364. The summed E-state index contributed by atoms with van der Waals surface area (Å²) < 4.78 is 0. The Morgan fingerprint density at radius 1 is 1.47 bits per heavy atom. The van der Waals surface area contributed by atoms with Crippen LogP contribution in [0.4, 0.5) is 0 Å². The number of thioether (sulfide) groups is 1. The molecule has 0 atom stereocenters. The molecule has 0 unspecified atom stereocenters. The molecule has 0 aliphatic carbocycles. The van der Waals surface area contributed by atoms with Crippen molar-refractivity contribution < 1.29 is 14.7 Å². The van der Waals surface area contributed by atoms with Crippen molar-refractivity contribution in [1.82, 2.24) is 10.3 Å². The minimum atomic E-state index is -1.10. The summed E-state index contributed by atoms with van der Waals surface area (Å²) in [7, 11) is 0. The summed E-state index contributed by atoms with van der Waals surface area (Å²) in [6.45, 7) is 0.611. The molecule has 0 aliphatic rings. The number of carbonyl (C=O) groups excluding carboxylic acids is 1. The van der Waals surface area contributed by atoms with Crippen LogP contribution in [0.5, 0.6) is 0 Å². The van der Waals surface area contributed by atoms with E-state index in [1.54, 1.807) is 11.8 Å². The first kappa shape index (κ1) is 13.5. The van der Waals surface area contributed by atoms with Gasteiger partial charge in [-0.2, -0.15) is 11.8 Å². The number of hydrogen-bond acceptors (Lipinski definition) is 4. The van der Waals surface area contributed by atoms with Gasteiger partial charge in [-0.3, -0.25) is 4.79 Å². The summed E-state index contributed by atoms with van der Waals surface area (Å²) in [6.07, 6.45) is 4.19. The maximum absolute atomic E-state index is 11.6. The number of pyridine rings is 1. The minimum absolute atomic E-state index is 0.0658. The SMILES string of the molecule is CSCCCNC(=O)c1ccc(C(=O)O)nc1. The third kappa shape index (κ3) is 4.44. The van der Waals surface area contributed by atoms with Crippen LogP contribution in [0.15, 0.2) is 18.3 Å². The van der Waals surface area contributed by atoms with E-state index in [0.717, 1.165) is 12.2 Å². The fourth-order valence-corrected chi connectivity index (χ4v) is 1.61. The Bertz CT molecular complexity index is 392. The monoisotopic (exact) mass is 254 g/mol. The van der Waals surface area contributed by atoms with E-state index in [2.05, 4.69) is 10.3 Å². The van der Waals surface area contributed by atoms with E-state index in [4.69, 9.17) is 5.11 Å². The van der Waals surface area contributed by atoms with Crippen LogP contribution in [0.2, 0.25) is 0 Å². The molecule has 0 fully saturated rings.